The standard InChI is InChI=1S/C27H31N3O4/c1-5-7-17-27(33-3,34-4)26-28-24(30(29-26)18-8-6-2)19-20-13-15-21(16-14-20)22-11-9-10-12-23(22)25(31)32/h9-16H,5,7,17-19H2,1-4H3,(H,31,32). The van der Waals surface area contributed by atoms with E-state index in [0.29, 0.717) is 30.8 Å². The molecule has 0 saturated heterocycles. The van der Waals surface area contributed by atoms with Gasteiger partial charge in [0, 0.05) is 27.1 Å². The zero-order chi connectivity index (χ0) is 24.6. The quantitative estimate of drug-likeness (QED) is 0.323. The number of carboxylic acid groups (broad SMARTS) is 1. The van der Waals surface area contributed by atoms with Crippen molar-refractivity contribution < 1.29 is 19.4 Å². The summed E-state index contributed by atoms with van der Waals surface area (Å²) in [6.07, 6.45) is 3.11. The first-order valence-electron chi connectivity index (χ1n) is 11.3. The molecule has 1 heterocycles. The van der Waals surface area contributed by atoms with Crippen LogP contribution >= 0.6 is 0 Å². The molecule has 178 valence electrons. The van der Waals surface area contributed by atoms with Crippen molar-refractivity contribution in [1.29, 1.82) is 0 Å². The summed E-state index contributed by atoms with van der Waals surface area (Å²) in [5.41, 5.74) is 2.83. The van der Waals surface area contributed by atoms with Crippen molar-refractivity contribution in [3.8, 4) is 23.0 Å². The molecule has 0 saturated carbocycles. The summed E-state index contributed by atoms with van der Waals surface area (Å²) in [6, 6.07) is 14.8. The van der Waals surface area contributed by atoms with Gasteiger partial charge in [-0.1, -0.05) is 61.7 Å². The SMILES string of the molecule is CC#CCn1nc(C(CCCC)(OC)OC)nc1Cc1ccc(-c2ccccc2C(=O)O)cc1. The second-order valence-electron chi connectivity index (χ2n) is 7.93. The number of hydrogen-bond donors (Lipinski definition) is 1. The highest BCUT2D eigenvalue weighted by atomic mass is 16.7. The molecule has 7 nitrogen and oxygen atoms in total. The van der Waals surface area contributed by atoms with E-state index >= 15 is 0 Å². The van der Waals surface area contributed by atoms with Crippen LogP contribution in [0.15, 0.2) is 48.5 Å². The van der Waals surface area contributed by atoms with E-state index in [-0.39, 0.29) is 5.56 Å². The number of aromatic nitrogens is 3. The number of unbranched alkanes of at least 4 members (excludes halogenated alkanes) is 1. The number of benzene rings is 2. The minimum absolute atomic E-state index is 0.278. The van der Waals surface area contributed by atoms with Crippen LogP contribution in [-0.4, -0.2) is 40.1 Å². The topological polar surface area (TPSA) is 86.5 Å². The predicted octanol–water partition coefficient (Wildman–Crippen LogP) is 4.89. The Morgan fingerprint density at radius 1 is 1.12 bits per heavy atom. The van der Waals surface area contributed by atoms with Crippen LogP contribution in [0, 0.1) is 11.8 Å². The lowest BCUT2D eigenvalue weighted by Gasteiger charge is -2.27. The molecule has 0 aliphatic carbocycles. The summed E-state index contributed by atoms with van der Waals surface area (Å²) in [5, 5.41) is 14.2. The first kappa shape index (κ1) is 25.2. The van der Waals surface area contributed by atoms with Gasteiger partial charge in [-0.2, -0.15) is 0 Å². The molecule has 3 rings (SSSR count). The fourth-order valence-corrected chi connectivity index (χ4v) is 3.84. The van der Waals surface area contributed by atoms with Gasteiger partial charge in [-0.05, 0) is 36.1 Å². The number of aromatic carboxylic acids is 1. The fourth-order valence-electron chi connectivity index (χ4n) is 3.84. The van der Waals surface area contributed by atoms with Crippen LogP contribution in [0.2, 0.25) is 0 Å². The summed E-state index contributed by atoms with van der Waals surface area (Å²) < 4.78 is 13.3. The number of hydrogen-bond acceptors (Lipinski definition) is 5. The van der Waals surface area contributed by atoms with Crippen molar-refractivity contribution >= 4 is 5.97 Å². The third-order valence-corrected chi connectivity index (χ3v) is 5.80. The first-order chi connectivity index (χ1) is 16.5. The average molecular weight is 462 g/mol. The van der Waals surface area contributed by atoms with E-state index < -0.39 is 11.8 Å². The normalized spacial score (nSPS) is 11.2. The Morgan fingerprint density at radius 2 is 1.82 bits per heavy atom. The van der Waals surface area contributed by atoms with E-state index in [1.54, 1.807) is 38.0 Å². The summed E-state index contributed by atoms with van der Waals surface area (Å²) in [4.78, 5) is 16.4. The molecule has 3 aromatic rings. The predicted molar refractivity (Wildman–Crippen MR) is 130 cm³/mol. The number of carboxylic acids is 1. The Morgan fingerprint density at radius 3 is 2.44 bits per heavy atom. The molecule has 0 fully saturated rings. The van der Waals surface area contributed by atoms with Crippen LogP contribution in [0.5, 0.6) is 0 Å². The van der Waals surface area contributed by atoms with Crippen LogP contribution < -0.4 is 0 Å². The van der Waals surface area contributed by atoms with Crippen LogP contribution in [-0.2, 0) is 28.2 Å². The van der Waals surface area contributed by atoms with Crippen LogP contribution in [0.25, 0.3) is 11.1 Å². The molecule has 0 radical (unpaired) electrons. The van der Waals surface area contributed by atoms with Gasteiger partial charge < -0.3 is 14.6 Å². The number of ether oxygens (including phenoxy) is 2. The largest absolute Gasteiger partial charge is 0.478 e. The molecule has 7 heteroatoms. The molecule has 0 spiro atoms. The van der Waals surface area contributed by atoms with Gasteiger partial charge in [0.15, 0.2) is 0 Å². The van der Waals surface area contributed by atoms with Gasteiger partial charge in [-0.3, -0.25) is 0 Å². The second-order valence-corrected chi connectivity index (χ2v) is 7.93. The monoisotopic (exact) mass is 461 g/mol. The number of methoxy groups -OCH3 is 2. The lowest BCUT2D eigenvalue weighted by Crippen LogP contribution is -2.32. The van der Waals surface area contributed by atoms with Gasteiger partial charge in [-0.25, -0.2) is 14.5 Å². The number of carbonyl (C=O) groups is 1. The number of nitrogens with zero attached hydrogens (tertiary/aromatic N) is 3. The van der Waals surface area contributed by atoms with Crippen molar-refractivity contribution in [2.24, 2.45) is 0 Å². The molecule has 1 aromatic heterocycles. The lowest BCUT2D eigenvalue weighted by molar-refractivity contribution is -0.226. The maximum Gasteiger partial charge on any atom is 0.336 e. The van der Waals surface area contributed by atoms with E-state index in [1.165, 1.54) is 0 Å². The molecule has 0 aliphatic heterocycles. The Bertz CT molecular complexity index is 1170. The van der Waals surface area contributed by atoms with Crippen LogP contribution in [0.3, 0.4) is 0 Å². The van der Waals surface area contributed by atoms with E-state index in [0.717, 1.165) is 29.8 Å². The molecule has 0 bridgehead atoms. The van der Waals surface area contributed by atoms with Gasteiger partial charge in [0.25, 0.3) is 0 Å². The van der Waals surface area contributed by atoms with Crippen molar-refractivity contribution in [3.05, 3.63) is 71.3 Å². The molecular weight excluding hydrogens is 430 g/mol. The van der Waals surface area contributed by atoms with Gasteiger partial charge in [0.1, 0.15) is 12.4 Å². The Labute approximate surface area is 200 Å². The molecule has 34 heavy (non-hydrogen) atoms. The third-order valence-electron chi connectivity index (χ3n) is 5.80. The van der Waals surface area contributed by atoms with Gasteiger partial charge in [0.05, 0.1) is 5.56 Å². The van der Waals surface area contributed by atoms with Crippen molar-refractivity contribution in [2.45, 2.75) is 51.9 Å². The zero-order valence-corrected chi connectivity index (χ0v) is 20.2. The first-order valence-corrected chi connectivity index (χ1v) is 11.3. The zero-order valence-electron chi connectivity index (χ0n) is 20.2. The average Bonchev–Trinajstić information content (AvgIpc) is 3.27. The summed E-state index contributed by atoms with van der Waals surface area (Å²) >= 11 is 0. The van der Waals surface area contributed by atoms with Crippen LogP contribution in [0.1, 0.15) is 60.7 Å². The van der Waals surface area contributed by atoms with E-state index in [2.05, 4.69) is 18.8 Å². The molecular formula is C27H31N3O4. The Balaban J connectivity index is 1.92. The maximum atomic E-state index is 11.6. The minimum atomic E-state index is -1.000. The molecule has 1 N–H and O–H groups in total. The lowest BCUT2D eigenvalue weighted by atomic mass is 9.98. The molecule has 0 atom stereocenters. The summed E-state index contributed by atoms with van der Waals surface area (Å²) in [7, 11) is 3.22. The molecule has 0 unspecified atom stereocenters. The van der Waals surface area contributed by atoms with E-state index in [9.17, 15) is 9.90 Å². The highest BCUT2D eigenvalue weighted by Crippen LogP contribution is 2.30. The molecule has 0 amide bonds. The Hall–Kier alpha value is -3.47. The highest BCUT2D eigenvalue weighted by molar-refractivity contribution is 5.95. The smallest absolute Gasteiger partial charge is 0.336 e. The summed E-state index contributed by atoms with van der Waals surface area (Å²) in [5.74, 6) is 5.27. The van der Waals surface area contributed by atoms with E-state index in [1.807, 2.05) is 36.4 Å². The molecule has 2 aromatic carbocycles. The molecule has 0 aliphatic rings. The van der Waals surface area contributed by atoms with Gasteiger partial charge in [-0.15, -0.1) is 11.0 Å². The third kappa shape index (κ3) is 5.53. The number of rotatable bonds is 11. The van der Waals surface area contributed by atoms with Crippen LogP contribution in [0.4, 0.5) is 0 Å². The van der Waals surface area contributed by atoms with Crippen molar-refractivity contribution in [3.63, 3.8) is 0 Å². The van der Waals surface area contributed by atoms with E-state index in [4.69, 9.17) is 19.6 Å². The second kappa shape index (κ2) is 11.6. The maximum absolute atomic E-state index is 11.6. The Kier molecular flexibility index (Phi) is 8.58. The minimum Gasteiger partial charge on any atom is -0.478 e. The van der Waals surface area contributed by atoms with Gasteiger partial charge >= 0.3 is 5.97 Å². The summed E-state index contributed by atoms with van der Waals surface area (Å²) in [6.45, 7) is 4.32. The van der Waals surface area contributed by atoms with Crippen molar-refractivity contribution in [2.75, 3.05) is 14.2 Å². The van der Waals surface area contributed by atoms with Crippen molar-refractivity contribution in [1.82, 2.24) is 14.8 Å². The van der Waals surface area contributed by atoms with Gasteiger partial charge in [0.2, 0.25) is 11.6 Å². The highest BCUT2D eigenvalue weighted by Gasteiger charge is 2.37. The fraction of sp³-hybridized carbons (Fsp3) is 0.370.